The summed E-state index contributed by atoms with van der Waals surface area (Å²) in [4.78, 5) is 18.5. The molecule has 1 aliphatic rings. The van der Waals surface area contributed by atoms with Crippen molar-refractivity contribution in [1.29, 1.82) is 5.26 Å². The second kappa shape index (κ2) is 12.0. The molecule has 1 aliphatic heterocycles. The topological polar surface area (TPSA) is 114 Å². The average molecular weight is 539 g/mol. The van der Waals surface area contributed by atoms with Gasteiger partial charge in [0.1, 0.15) is 11.9 Å². The number of likely N-dealkylation sites (N-methyl/N-ethyl adjacent to an activating group) is 1. The molecule has 13 heteroatoms. The first-order chi connectivity index (χ1) is 17.1. The highest BCUT2D eigenvalue weighted by Gasteiger charge is 2.37. The van der Waals surface area contributed by atoms with Crippen molar-refractivity contribution in [3.8, 4) is 11.9 Å². The number of nitriles is 1. The molecule has 190 valence electrons. The Labute approximate surface area is 216 Å². The maximum Gasteiger partial charge on any atom is 0.387 e. The molecule has 0 spiro atoms. The number of aliphatic imine (C=N–C) groups is 1. The molecule has 3 rings (SSSR count). The van der Waals surface area contributed by atoms with Crippen LogP contribution in [0.1, 0.15) is 19.4 Å². The first-order valence-electron chi connectivity index (χ1n) is 10.7. The van der Waals surface area contributed by atoms with Gasteiger partial charge in [0.25, 0.3) is 5.91 Å². The van der Waals surface area contributed by atoms with Crippen LogP contribution in [0.25, 0.3) is 0 Å². The van der Waals surface area contributed by atoms with Crippen LogP contribution in [-0.4, -0.2) is 64.4 Å². The third-order valence-electron chi connectivity index (χ3n) is 5.15. The number of aliphatic hydroxyl groups is 1. The van der Waals surface area contributed by atoms with Crippen LogP contribution in [0.4, 0.5) is 14.5 Å². The maximum absolute atomic E-state index is 12.8. The summed E-state index contributed by atoms with van der Waals surface area (Å²) in [5, 5.41) is 28.2. The van der Waals surface area contributed by atoms with Gasteiger partial charge in [0.05, 0.1) is 34.0 Å². The summed E-state index contributed by atoms with van der Waals surface area (Å²) in [5.74, 6) is -0.644. The summed E-state index contributed by atoms with van der Waals surface area (Å²) in [6.45, 7) is 0.444. The molecule has 36 heavy (non-hydrogen) atoms. The Morgan fingerprint density at radius 1 is 1.36 bits per heavy atom. The van der Waals surface area contributed by atoms with Gasteiger partial charge in [0.2, 0.25) is 5.96 Å². The minimum atomic E-state index is -3.01. The zero-order valence-corrected chi connectivity index (χ0v) is 20.7. The number of carbonyl (C=O) groups excluding carboxylic acids is 1. The molecule has 2 aromatic carbocycles. The number of amides is 1. The van der Waals surface area contributed by atoms with E-state index in [4.69, 9.17) is 23.2 Å². The zero-order valence-electron chi connectivity index (χ0n) is 19.2. The smallest absolute Gasteiger partial charge is 0.387 e. The van der Waals surface area contributed by atoms with Crippen molar-refractivity contribution in [1.82, 2.24) is 15.2 Å². The Bertz CT molecular complexity index is 1220. The average Bonchev–Trinajstić information content (AvgIpc) is 3.26. The summed E-state index contributed by atoms with van der Waals surface area (Å²) in [7, 11) is 0. The Hall–Kier alpha value is -3.46. The van der Waals surface area contributed by atoms with Gasteiger partial charge in [0, 0.05) is 18.2 Å². The van der Waals surface area contributed by atoms with Gasteiger partial charge in [-0.2, -0.15) is 19.1 Å². The molecule has 0 saturated heterocycles. The first-order valence-corrected chi connectivity index (χ1v) is 11.5. The summed E-state index contributed by atoms with van der Waals surface area (Å²) in [6, 6.07) is 9.85. The number of hydrogen-bond acceptors (Lipinski definition) is 6. The highest BCUT2D eigenvalue weighted by molar-refractivity contribution is 6.42. The Morgan fingerprint density at radius 3 is 2.72 bits per heavy atom. The molecule has 0 aliphatic carbocycles. The monoisotopic (exact) mass is 538 g/mol. The van der Waals surface area contributed by atoms with Crippen molar-refractivity contribution in [3.63, 3.8) is 0 Å². The quantitative estimate of drug-likeness (QED) is 0.238. The standard InChI is InChI=1S/C23H22Cl2F2N6O3/c1-3-32(21(35)13(2)34)19-11-33(31-20(19)14-7-8-17(24)18(25)9-14)23(29-12-28)30-15-5-4-6-16(10-15)36-22(26)27/h4-10,13,19,22,34H,3,11H2,1-2H3,(H,29,30). The number of carbonyl (C=O) groups is 1. The molecule has 0 aromatic heterocycles. The lowest BCUT2D eigenvalue weighted by Gasteiger charge is -2.30. The lowest BCUT2D eigenvalue weighted by atomic mass is 10.0. The molecular formula is C23H22Cl2F2N6O3. The summed E-state index contributed by atoms with van der Waals surface area (Å²) in [5.41, 5.74) is 1.21. The van der Waals surface area contributed by atoms with E-state index in [1.807, 2.05) is 0 Å². The van der Waals surface area contributed by atoms with Crippen LogP contribution in [0.2, 0.25) is 10.0 Å². The number of benzene rings is 2. The molecule has 9 nitrogen and oxygen atoms in total. The van der Waals surface area contributed by atoms with E-state index in [0.717, 1.165) is 0 Å². The lowest BCUT2D eigenvalue weighted by Crippen LogP contribution is -2.50. The van der Waals surface area contributed by atoms with E-state index in [0.29, 0.717) is 16.3 Å². The van der Waals surface area contributed by atoms with Gasteiger partial charge < -0.3 is 14.7 Å². The fourth-order valence-electron chi connectivity index (χ4n) is 3.59. The minimum Gasteiger partial charge on any atom is -0.435 e. The molecule has 1 heterocycles. The number of aliphatic hydroxyl groups excluding tert-OH is 1. The van der Waals surface area contributed by atoms with Crippen molar-refractivity contribution in [3.05, 3.63) is 58.1 Å². The van der Waals surface area contributed by atoms with E-state index in [1.165, 1.54) is 41.1 Å². The molecule has 2 aromatic rings. The summed E-state index contributed by atoms with van der Waals surface area (Å²) < 4.78 is 29.6. The van der Waals surface area contributed by atoms with Gasteiger partial charge in [-0.15, -0.1) is 0 Å². The van der Waals surface area contributed by atoms with Crippen LogP contribution in [0, 0.1) is 11.5 Å². The summed E-state index contributed by atoms with van der Waals surface area (Å²) in [6.07, 6.45) is 0.527. The maximum atomic E-state index is 12.8. The summed E-state index contributed by atoms with van der Waals surface area (Å²) >= 11 is 12.3. The predicted molar refractivity (Wildman–Crippen MR) is 131 cm³/mol. The SMILES string of the molecule is CCN(C(=O)C(C)O)C1CN(C(=Nc2cccc(OC(F)F)c2)NC#N)N=C1c1ccc(Cl)c(Cl)c1. The van der Waals surface area contributed by atoms with Crippen molar-refractivity contribution in [2.45, 2.75) is 32.6 Å². The van der Waals surface area contributed by atoms with Gasteiger partial charge in [-0.1, -0.05) is 35.3 Å². The van der Waals surface area contributed by atoms with Gasteiger partial charge in [-0.05, 0) is 38.1 Å². The molecule has 2 unspecified atom stereocenters. The molecular weight excluding hydrogens is 517 g/mol. The Kier molecular flexibility index (Phi) is 9.03. The van der Waals surface area contributed by atoms with Crippen LogP contribution < -0.4 is 10.1 Å². The number of ether oxygens (including phenoxy) is 1. The molecule has 0 radical (unpaired) electrons. The van der Waals surface area contributed by atoms with Crippen LogP contribution >= 0.6 is 23.2 Å². The largest absolute Gasteiger partial charge is 0.435 e. The molecule has 0 bridgehead atoms. The number of alkyl halides is 2. The molecule has 0 saturated carbocycles. The van der Waals surface area contributed by atoms with Crippen LogP contribution in [0.3, 0.4) is 0 Å². The van der Waals surface area contributed by atoms with Crippen molar-refractivity contribution >= 4 is 46.5 Å². The molecule has 0 fully saturated rings. The highest BCUT2D eigenvalue weighted by atomic mass is 35.5. The number of guanidine groups is 1. The van der Waals surface area contributed by atoms with Crippen LogP contribution in [0.5, 0.6) is 5.75 Å². The second-order valence-corrected chi connectivity index (χ2v) is 8.37. The third-order valence-corrected chi connectivity index (χ3v) is 5.89. The van der Waals surface area contributed by atoms with E-state index >= 15 is 0 Å². The predicted octanol–water partition coefficient (Wildman–Crippen LogP) is 3.97. The van der Waals surface area contributed by atoms with Crippen molar-refractivity contribution < 1.29 is 23.4 Å². The second-order valence-electron chi connectivity index (χ2n) is 7.56. The number of hydrogen-bond donors (Lipinski definition) is 2. The lowest BCUT2D eigenvalue weighted by molar-refractivity contribution is -0.140. The minimum absolute atomic E-state index is 0.0210. The van der Waals surface area contributed by atoms with Gasteiger partial charge in [0.15, 0.2) is 6.19 Å². The van der Waals surface area contributed by atoms with Crippen molar-refractivity contribution in [2.24, 2.45) is 10.1 Å². The van der Waals surface area contributed by atoms with Gasteiger partial charge in [-0.25, -0.2) is 10.0 Å². The van der Waals surface area contributed by atoms with E-state index in [1.54, 1.807) is 31.3 Å². The fourth-order valence-corrected chi connectivity index (χ4v) is 3.89. The first kappa shape index (κ1) is 27.1. The fraction of sp³-hybridized carbons (Fsp3) is 0.304. The van der Waals surface area contributed by atoms with Gasteiger partial charge >= 0.3 is 6.61 Å². The normalized spacial score (nSPS) is 16.4. The van der Waals surface area contributed by atoms with Crippen molar-refractivity contribution in [2.75, 3.05) is 13.1 Å². The number of hydrazone groups is 1. The number of nitrogens with zero attached hydrogens (tertiary/aromatic N) is 5. The Balaban J connectivity index is 2.06. The molecule has 1 amide bonds. The van der Waals surface area contributed by atoms with E-state index in [9.17, 15) is 23.9 Å². The Morgan fingerprint density at radius 2 is 2.11 bits per heavy atom. The van der Waals surface area contributed by atoms with E-state index in [2.05, 4.69) is 20.1 Å². The van der Waals surface area contributed by atoms with Crippen LogP contribution in [0.15, 0.2) is 52.6 Å². The number of halogens is 4. The van der Waals surface area contributed by atoms with Gasteiger partial charge in [-0.3, -0.25) is 10.1 Å². The number of nitrogens with one attached hydrogen (secondary N) is 1. The molecule has 2 atom stereocenters. The van der Waals surface area contributed by atoms with E-state index < -0.39 is 24.7 Å². The molecule has 2 N–H and O–H groups in total. The third kappa shape index (κ3) is 6.40. The zero-order chi connectivity index (χ0) is 26.4. The highest BCUT2D eigenvalue weighted by Crippen LogP contribution is 2.28. The van der Waals surface area contributed by atoms with Crippen LogP contribution in [-0.2, 0) is 4.79 Å². The number of rotatable bonds is 7. The van der Waals surface area contributed by atoms with E-state index in [-0.39, 0.29) is 35.5 Å².